The Labute approximate surface area is 198 Å². The van der Waals surface area contributed by atoms with Crippen molar-refractivity contribution in [3.8, 4) is 17.2 Å². The Morgan fingerprint density at radius 2 is 2.03 bits per heavy atom. The lowest BCUT2D eigenvalue weighted by Gasteiger charge is -2.29. The number of anilines is 1. The molecule has 1 amide bonds. The van der Waals surface area contributed by atoms with E-state index < -0.39 is 10.0 Å². The van der Waals surface area contributed by atoms with Crippen LogP contribution in [0.2, 0.25) is 0 Å². The monoisotopic (exact) mass is 503 g/mol. The van der Waals surface area contributed by atoms with E-state index in [1.807, 2.05) is 29.6 Å². The number of thiophene rings is 1. The maximum atomic E-state index is 12.8. The molecule has 0 radical (unpaired) electrons. The molecule has 0 spiro atoms. The van der Waals surface area contributed by atoms with E-state index in [9.17, 15) is 13.2 Å². The molecule has 11 heteroatoms. The summed E-state index contributed by atoms with van der Waals surface area (Å²) in [5.41, 5.74) is 1.28. The molecule has 1 saturated heterocycles. The van der Waals surface area contributed by atoms with Crippen LogP contribution in [0.3, 0.4) is 0 Å². The van der Waals surface area contributed by atoms with Crippen LogP contribution in [0.5, 0.6) is 5.75 Å². The minimum Gasteiger partial charge on any atom is -0.493 e. The predicted molar refractivity (Wildman–Crippen MR) is 128 cm³/mol. The smallest absolute Gasteiger partial charge is 0.252 e. The average molecular weight is 504 g/mol. The molecule has 172 valence electrons. The van der Waals surface area contributed by atoms with Gasteiger partial charge < -0.3 is 14.5 Å². The van der Waals surface area contributed by atoms with Crippen molar-refractivity contribution in [3.05, 3.63) is 47.2 Å². The standard InChI is InChI=1S/C22H21N3O5S3/c1-29-17-5-2-4-15-12-18(30-20(15)17)16-13-32-22(23-16)24-21(26)14-7-9-25(10-8-14)33(27,28)19-6-3-11-31-19/h2-6,11-14H,7-10H2,1H3,(H,23,24,26). The van der Waals surface area contributed by atoms with Gasteiger partial charge in [-0.05, 0) is 36.4 Å². The van der Waals surface area contributed by atoms with E-state index in [1.54, 1.807) is 24.6 Å². The number of sulfonamides is 1. The van der Waals surface area contributed by atoms with E-state index in [2.05, 4.69) is 10.3 Å². The number of amides is 1. The molecular formula is C22H21N3O5S3. The number of benzene rings is 1. The van der Waals surface area contributed by atoms with Crippen LogP contribution in [-0.4, -0.2) is 43.8 Å². The number of nitrogens with one attached hydrogen (secondary N) is 1. The highest BCUT2D eigenvalue weighted by molar-refractivity contribution is 7.91. The van der Waals surface area contributed by atoms with Gasteiger partial charge in [0, 0.05) is 29.8 Å². The number of fused-ring (bicyclic) bond motifs is 1. The summed E-state index contributed by atoms with van der Waals surface area (Å²) in [4.78, 5) is 17.3. The normalized spacial score (nSPS) is 15.7. The summed E-state index contributed by atoms with van der Waals surface area (Å²) < 4.78 is 38.4. The molecule has 0 unspecified atom stereocenters. The summed E-state index contributed by atoms with van der Waals surface area (Å²) in [5.74, 6) is 0.839. The number of piperidine rings is 1. The third-order valence-corrected chi connectivity index (χ3v) is 9.66. The zero-order valence-corrected chi connectivity index (χ0v) is 20.1. The van der Waals surface area contributed by atoms with Gasteiger partial charge in [0.15, 0.2) is 22.2 Å². The van der Waals surface area contributed by atoms with E-state index in [1.165, 1.54) is 27.0 Å². The molecule has 4 aromatic rings. The summed E-state index contributed by atoms with van der Waals surface area (Å²) >= 11 is 2.53. The number of carbonyl (C=O) groups is 1. The Balaban J connectivity index is 1.23. The van der Waals surface area contributed by atoms with Gasteiger partial charge in [0.1, 0.15) is 9.90 Å². The Bertz CT molecular complexity index is 1380. The van der Waals surface area contributed by atoms with Gasteiger partial charge >= 0.3 is 0 Å². The van der Waals surface area contributed by atoms with Gasteiger partial charge in [0.25, 0.3) is 10.0 Å². The summed E-state index contributed by atoms with van der Waals surface area (Å²) in [6, 6.07) is 10.9. The highest BCUT2D eigenvalue weighted by Gasteiger charge is 2.32. The third kappa shape index (κ3) is 4.29. The summed E-state index contributed by atoms with van der Waals surface area (Å²) in [7, 11) is -1.89. The molecule has 5 rings (SSSR count). The van der Waals surface area contributed by atoms with Crippen molar-refractivity contribution in [1.29, 1.82) is 0 Å². The van der Waals surface area contributed by atoms with Gasteiger partial charge in [-0.25, -0.2) is 13.4 Å². The van der Waals surface area contributed by atoms with E-state index >= 15 is 0 Å². The lowest BCUT2D eigenvalue weighted by molar-refractivity contribution is -0.120. The topological polar surface area (TPSA) is 102 Å². The number of methoxy groups -OCH3 is 1. The van der Waals surface area contributed by atoms with Crippen molar-refractivity contribution in [2.75, 3.05) is 25.5 Å². The second kappa shape index (κ2) is 8.90. The lowest BCUT2D eigenvalue weighted by Crippen LogP contribution is -2.41. The Morgan fingerprint density at radius 1 is 1.21 bits per heavy atom. The number of furan rings is 1. The minimum absolute atomic E-state index is 0.143. The number of carbonyl (C=O) groups excluding carboxylic acids is 1. The number of para-hydroxylation sites is 1. The number of hydrogen-bond acceptors (Lipinski definition) is 8. The van der Waals surface area contributed by atoms with Crippen molar-refractivity contribution >= 4 is 54.7 Å². The molecule has 3 aromatic heterocycles. The Hall–Kier alpha value is -2.73. The van der Waals surface area contributed by atoms with E-state index in [-0.39, 0.29) is 11.8 Å². The van der Waals surface area contributed by atoms with Gasteiger partial charge in [-0.3, -0.25) is 4.79 Å². The highest BCUT2D eigenvalue weighted by atomic mass is 32.2. The third-order valence-electron chi connectivity index (χ3n) is 5.63. The van der Waals surface area contributed by atoms with Crippen molar-refractivity contribution in [2.45, 2.75) is 17.1 Å². The molecule has 1 N–H and O–H groups in total. The predicted octanol–water partition coefficient (Wildman–Crippen LogP) is 4.67. The number of rotatable bonds is 6. The fraction of sp³-hybridized carbons (Fsp3) is 0.273. The molecular weight excluding hydrogens is 482 g/mol. The van der Waals surface area contributed by atoms with Crippen LogP contribution in [0.15, 0.2) is 55.8 Å². The molecule has 4 heterocycles. The molecule has 1 fully saturated rings. The zero-order valence-electron chi connectivity index (χ0n) is 17.7. The van der Waals surface area contributed by atoms with Crippen LogP contribution in [0.25, 0.3) is 22.4 Å². The van der Waals surface area contributed by atoms with Crippen LogP contribution in [0, 0.1) is 5.92 Å². The highest BCUT2D eigenvalue weighted by Crippen LogP contribution is 2.35. The molecule has 0 bridgehead atoms. The second-order valence-electron chi connectivity index (χ2n) is 7.63. The van der Waals surface area contributed by atoms with Crippen molar-refractivity contribution < 1.29 is 22.4 Å². The average Bonchev–Trinajstić information content (AvgIpc) is 3.59. The maximum absolute atomic E-state index is 12.8. The van der Waals surface area contributed by atoms with Gasteiger partial charge in [-0.15, -0.1) is 22.7 Å². The van der Waals surface area contributed by atoms with E-state index in [4.69, 9.17) is 9.15 Å². The van der Waals surface area contributed by atoms with Crippen LogP contribution in [0.1, 0.15) is 12.8 Å². The molecule has 0 saturated carbocycles. The second-order valence-corrected chi connectivity index (χ2v) is 11.6. The number of nitrogens with zero attached hydrogens (tertiary/aromatic N) is 2. The first-order valence-corrected chi connectivity index (χ1v) is 13.5. The summed E-state index contributed by atoms with van der Waals surface area (Å²) in [6.45, 7) is 0.643. The molecule has 0 atom stereocenters. The van der Waals surface area contributed by atoms with Gasteiger partial charge in [0.05, 0.1) is 7.11 Å². The molecule has 1 aromatic carbocycles. The lowest BCUT2D eigenvalue weighted by atomic mass is 9.97. The van der Waals surface area contributed by atoms with Gasteiger partial charge in [0.2, 0.25) is 5.91 Å². The van der Waals surface area contributed by atoms with E-state index in [0.29, 0.717) is 58.1 Å². The van der Waals surface area contributed by atoms with Crippen LogP contribution >= 0.6 is 22.7 Å². The molecule has 33 heavy (non-hydrogen) atoms. The first-order valence-electron chi connectivity index (χ1n) is 10.3. The number of hydrogen-bond donors (Lipinski definition) is 1. The fourth-order valence-electron chi connectivity index (χ4n) is 3.87. The summed E-state index contributed by atoms with van der Waals surface area (Å²) in [5, 5.41) is 7.84. The number of ether oxygens (including phenoxy) is 1. The summed E-state index contributed by atoms with van der Waals surface area (Å²) in [6.07, 6.45) is 0.941. The van der Waals surface area contributed by atoms with Crippen molar-refractivity contribution in [1.82, 2.24) is 9.29 Å². The number of thiazole rings is 1. The fourth-order valence-corrected chi connectivity index (χ4v) is 7.19. The van der Waals surface area contributed by atoms with Crippen molar-refractivity contribution in [2.24, 2.45) is 5.92 Å². The molecule has 1 aliphatic rings. The van der Waals surface area contributed by atoms with Crippen LogP contribution < -0.4 is 10.1 Å². The van der Waals surface area contributed by atoms with Crippen molar-refractivity contribution in [3.63, 3.8) is 0 Å². The largest absolute Gasteiger partial charge is 0.493 e. The molecule has 1 aliphatic heterocycles. The Kier molecular flexibility index (Phi) is 5.95. The number of aromatic nitrogens is 1. The first-order chi connectivity index (χ1) is 16.0. The zero-order chi connectivity index (χ0) is 23.0. The van der Waals surface area contributed by atoms with Crippen LogP contribution in [-0.2, 0) is 14.8 Å². The van der Waals surface area contributed by atoms with Gasteiger partial charge in [-0.2, -0.15) is 4.31 Å². The quantitative estimate of drug-likeness (QED) is 0.410. The minimum atomic E-state index is -3.48. The van der Waals surface area contributed by atoms with Gasteiger partial charge in [-0.1, -0.05) is 18.2 Å². The molecule has 0 aliphatic carbocycles. The maximum Gasteiger partial charge on any atom is 0.252 e. The first kappa shape index (κ1) is 22.1. The van der Waals surface area contributed by atoms with E-state index in [0.717, 1.165) is 5.39 Å². The Morgan fingerprint density at radius 3 is 2.76 bits per heavy atom. The van der Waals surface area contributed by atoms with Crippen LogP contribution in [0.4, 0.5) is 5.13 Å². The SMILES string of the molecule is COc1cccc2cc(-c3csc(NC(=O)C4CCN(S(=O)(=O)c5cccs5)CC4)n3)oc12. The molecule has 8 nitrogen and oxygen atoms in total.